The maximum Gasteiger partial charge on any atom is 0.337 e. The molecule has 1 aliphatic rings. The number of nitriles is 2. The molecule has 0 amide bonds. The average molecular weight is 425 g/mol. The molecule has 0 fully saturated rings. The first-order chi connectivity index (χ1) is 15.4. The molecule has 0 spiro atoms. The number of hydrogen-bond donors (Lipinski definition) is 5. The number of benzene rings is 1. The zero-order valence-electron chi connectivity index (χ0n) is 16.4. The average Bonchev–Trinajstić information content (AvgIpc) is 2.79. The summed E-state index contributed by atoms with van der Waals surface area (Å²) < 4.78 is 0. The summed E-state index contributed by atoms with van der Waals surface area (Å²) in [4.78, 5) is 23.9. The maximum atomic E-state index is 11.2. The Labute approximate surface area is 181 Å². The van der Waals surface area contributed by atoms with E-state index in [9.17, 15) is 15.2 Å². The van der Waals surface area contributed by atoms with Crippen LogP contribution < -0.4 is 22.1 Å². The molecule has 1 atom stereocenters. The Kier molecular flexibility index (Phi) is 4.99. The second kappa shape index (κ2) is 7.93. The molecule has 0 bridgehead atoms. The first-order valence-electron chi connectivity index (χ1n) is 9.20. The zero-order valence-corrected chi connectivity index (χ0v) is 16.4. The van der Waals surface area contributed by atoms with Gasteiger partial charge >= 0.3 is 5.97 Å². The Hall–Kier alpha value is -5.16. The van der Waals surface area contributed by atoms with Gasteiger partial charge in [0.1, 0.15) is 29.3 Å². The number of carbonyl (C=O) groups is 1. The number of nitrogen functional groups attached to an aromatic ring is 2. The van der Waals surface area contributed by atoms with Gasteiger partial charge in [-0.1, -0.05) is 24.3 Å². The van der Waals surface area contributed by atoms with Crippen molar-refractivity contribution in [3.05, 3.63) is 65.0 Å². The number of anilines is 3. The molecular weight excluding hydrogens is 410 g/mol. The monoisotopic (exact) mass is 425 g/mol. The van der Waals surface area contributed by atoms with Gasteiger partial charge in [0.15, 0.2) is 6.19 Å². The second-order valence-corrected chi connectivity index (χ2v) is 6.79. The van der Waals surface area contributed by atoms with Crippen LogP contribution in [0.25, 0.3) is 11.1 Å². The summed E-state index contributed by atoms with van der Waals surface area (Å²) in [5.41, 5.74) is 14.9. The van der Waals surface area contributed by atoms with E-state index in [1.165, 1.54) is 12.3 Å². The van der Waals surface area contributed by atoms with Gasteiger partial charge in [0.25, 0.3) is 0 Å². The lowest BCUT2D eigenvalue weighted by Gasteiger charge is -2.26. The molecule has 3 aromatic rings. The first-order valence-corrected chi connectivity index (χ1v) is 9.20. The van der Waals surface area contributed by atoms with Crippen LogP contribution in [0.1, 0.15) is 33.1 Å². The van der Waals surface area contributed by atoms with Gasteiger partial charge in [0.05, 0.1) is 11.3 Å². The number of guanidine groups is 1. The molecule has 156 valence electrons. The summed E-state index contributed by atoms with van der Waals surface area (Å²) in [5.74, 6) is -0.651. The number of nitrogens with one attached hydrogen (secondary N) is 2. The van der Waals surface area contributed by atoms with E-state index in [-0.39, 0.29) is 28.6 Å². The summed E-state index contributed by atoms with van der Waals surface area (Å²) >= 11 is 0. The van der Waals surface area contributed by atoms with Crippen LogP contribution in [0.5, 0.6) is 0 Å². The Morgan fingerprint density at radius 1 is 1.16 bits per heavy atom. The Balaban J connectivity index is 1.79. The van der Waals surface area contributed by atoms with Crippen molar-refractivity contribution in [1.29, 1.82) is 10.5 Å². The highest BCUT2D eigenvalue weighted by Crippen LogP contribution is 2.40. The van der Waals surface area contributed by atoms with Crippen LogP contribution in [0, 0.1) is 22.8 Å². The largest absolute Gasteiger partial charge is 0.478 e. The molecule has 32 heavy (non-hydrogen) atoms. The summed E-state index contributed by atoms with van der Waals surface area (Å²) in [5, 5.41) is 32.9. The van der Waals surface area contributed by atoms with E-state index in [0.717, 1.165) is 5.56 Å². The van der Waals surface area contributed by atoms with Crippen molar-refractivity contribution in [2.75, 3.05) is 16.8 Å². The van der Waals surface area contributed by atoms with Crippen LogP contribution in [0.15, 0.2) is 47.7 Å². The number of pyridine rings is 2. The van der Waals surface area contributed by atoms with Gasteiger partial charge in [-0.3, -0.25) is 10.3 Å². The highest BCUT2D eigenvalue weighted by atomic mass is 16.4. The van der Waals surface area contributed by atoms with Crippen molar-refractivity contribution in [3.63, 3.8) is 0 Å². The number of carboxylic acid groups (broad SMARTS) is 1. The number of hydrogen-bond acceptors (Lipinski definition) is 10. The lowest BCUT2D eigenvalue weighted by atomic mass is 9.93. The molecular formula is C21H15N9O2. The number of rotatable bonds is 3. The van der Waals surface area contributed by atoms with E-state index in [1.807, 2.05) is 6.07 Å². The number of nitrogens with two attached hydrogens (primary N) is 2. The van der Waals surface area contributed by atoms with Crippen molar-refractivity contribution >= 4 is 29.3 Å². The summed E-state index contributed by atoms with van der Waals surface area (Å²) in [7, 11) is 0. The topological polar surface area (TPSA) is 199 Å². The van der Waals surface area contributed by atoms with Gasteiger partial charge in [-0.05, 0) is 17.2 Å². The van der Waals surface area contributed by atoms with Crippen molar-refractivity contribution < 1.29 is 9.90 Å². The second-order valence-electron chi connectivity index (χ2n) is 6.79. The predicted molar refractivity (Wildman–Crippen MR) is 116 cm³/mol. The number of fused-ring (bicyclic) bond motifs is 1. The van der Waals surface area contributed by atoms with E-state index < -0.39 is 12.0 Å². The molecule has 1 aromatic carbocycles. The van der Waals surface area contributed by atoms with Crippen molar-refractivity contribution in [3.8, 4) is 23.4 Å². The minimum Gasteiger partial charge on any atom is -0.478 e. The van der Waals surface area contributed by atoms with Crippen molar-refractivity contribution in [2.24, 2.45) is 4.99 Å². The van der Waals surface area contributed by atoms with E-state index >= 15 is 0 Å². The zero-order chi connectivity index (χ0) is 22.8. The number of aliphatic imine (C=N–C) groups is 1. The molecule has 0 saturated carbocycles. The third kappa shape index (κ3) is 3.46. The van der Waals surface area contributed by atoms with Crippen LogP contribution in [0.3, 0.4) is 0 Å². The minimum atomic E-state index is -1.07. The highest BCUT2D eigenvalue weighted by molar-refractivity contribution is 5.98. The van der Waals surface area contributed by atoms with Gasteiger partial charge < -0.3 is 21.9 Å². The maximum absolute atomic E-state index is 11.2. The van der Waals surface area contributed by atoms with Gasteiger partial charge in [-0.15, -0.1) is 0 Å². The van der Waals surface area contributed by atoms with Gasteiger partial charge in [-0.25, -0.2) is 14.8 Å². The standard InChI is InChI=1S/C21H15N9O2/c22-6-14-16(24)15-17(28-21(27-9-23)30-19(15)29-18(14)25)11-3-1-10(2-4-11)12-5-13(20(31)32)8-26-7-12/h1-5,7-8,17H,(H,31,32)(H6,24,25,27,28,29,30). The normalized spacial score (nSPS) is 14.2. The molecule has 7 N–H and O–H groups in total. The Morgan fingerprint density at radius 2 is 1.91 bits per heavy atom. The molecule has 1 unspecified atom stereocenters. The van der Waals surface area contributed by atoms with Crippen LogP contribution in [0.4, 0.5) is 17.3 Å². The van der Waals surface area contributed by atoms with Crippen molar-refractivity contribution in [1.82, 2.24) is 15.3 Å². The molecule has 11 nitrogen and oxygen atoms in total. The fraction of sp³-hybridized carbons (Fsp3) is 0.0476. The molecule has 0 radical (unpaired) electrons. The van der Waals surface area contributed by atoms with Crippen molar-refractivity contribution in [2.45, 2.75) is 6.04 Å². The number of carboxylic acids is 1. The van der Waals surface area contributed by atoms with Crippen LogP contribution in [-0.2, 0) is 0 Å². The molecule has 0 saturated heterocycles. The van der Waals surface area contributed by atoms with Gasteiger partial charge in [-0.2, -0.15) is 10.5 Å². The number of aromatic nitrogens is 2. The minimum absolute atomic E-state index is 0.0330. The first kappa shape index (κ1) is 20.1. The number of aromatic carboxylic acids is 1. The summed E-state index contributed by atoms with van der Waals surface area (Å²) in [6, 6.07) is 9.98. The van der Waals surface area contributed by atoms with E-state index in [4.69, 9.17) is 16.7 Å². The Bertz CT molecular complexity index is 1350. The molecule has 1 aliphatic heterocycles. The van der Waals surface area contributed by atoms with Crippen LogP contribution >= 0.6 is 0 Å². The van der Waals surface area contributed by atoms with E-state index in [2.05, 4.69) is 25.6 Å². The third-order valence-electron chi connectivity index (χ3n) is 4.90. The molecule has 4 rings (SSSR count). The predicted octanol–water partition coefficient (Wildman–Crippen LogP) is 1.82. The fourth-order valence-corrected chi connectivity index (χ4v) is 3.39. The lowest BCUT2D eigenvalue weighted by Crippen LogP contribution is -2.32. The van der Waals surface area contributed by atoms with Gasteiger partial charge in [0.2, 0.25) is 5.96 Å². The third-order valence-corrected chi connectivity index (χ3v) is 4.90. The quantitative estimate of drug-likeness (QED) is 0.304. The molecule has 3 heterocycles. The fourth-order valence-electron chi connectivity index (χ4n) is 3.39. The SMILES string of the molecule is N#CNC1=NC(c2ccc(-c3cncc(C(=O)O)c3)cc2)c2c(nc(N)c(C#N)c2N)N1. The number of nitrogens with zero attached hydrogens (tertiary/aromatic N) is 5. The Morgan fingerprint density at radius 3 is 2.56 bits per heavy atom. The lowest BCUT2D eigenvalue weighted by molar-refractivity contribution is 0.0696. The smallest absolute Gasteiger partial charge is 0.337 e. The van der Waals surface area contributed by atoms with E-state index in [0.29, 0.717) is 22.5 Å². The van der Waals surface area contributed by atoms with Gasteiger partial charge in [0, 0.05) is 23.5 Å². The highest BCUT2D eigenvalue weighted by Gasteiger charge is 2.29. The van der Waals surface area contributed by atoms with Crippen LogP contribution in [-0.4, -0.2) is 27.0 Å². The molecule has 2 aromatic heterocycles. The summed E-state index contributed by atoms with van der Waals surface area (Å²) in [6.07, 6.45) is 4.64. The molecule has 11 heteroatoms. The molecule has 0 aliphatic carbocycles. The summed E-state index contributed by atoms with van der Waals surface area (Å²) in [6.45, 7) is 0. The van der Waals surface area contributed by atoms with E-state index in [1.54, 1.807) is 36.7 Å². The van der Waals surface area contributed by atoms with Crippen LogP contribution in [0.2, 0.25) is 0 Å².